The third-order valence-corrected chi connectivity index (χ3v) is 5.05. The molecule has 4 aromatic rings. The summed E-state index contributed by atoms with van der Waals surface area (Å²) in [6.07, 6.45) is 0. The number of aryl methyl sites for hydroxylation is 3. The summed E-state index contributed by atoms with van der Waals surface area (Å²) in [6, 6.07) is 8.61. The minimum absolute atomic E-state index is 0.0316. The molecule has 0 fully saturated rings. The van der Waals surface area contributed by atoms with Crippen LogP contribution >= 0.6 is 0 Å². The zero-order valence-electron chi connectivity index (χ0n) is 17.0. The van der Waals surface area contributed by atoms with Crippen molar-refractivity contribution >= 4 is 34.3 Å². The summed E-state index contributed by atoms with van der Waals surface area (Å²) in [6.45, 7) is 5.40. The second kappa shape index (κ2) is 6.98. The highest BCUT2D eigenvalue weighted by Crippen LogP contribution is 2.33. The lowest BCUT2D eigenvalue weighted by Gasteiger charge is -2.18. The van der Waals surface area contributed by atoms with E-state index in [1.165, 1.54) is 0 Å². The Bertz CT molecular complexity index is 1370. The number of hydrogen-bond donors (Lipinski definition) is 2. The van der Waals surface area contributed by atoms with Crippen molar-refractivity contribution in [2.75, 3.05) is 17.2 Å². The molecular weight excluding hydrogens is 400 g/mol. The van der Waals surface area contributed by atoms with Gasteiger partial charge in [0, 0.05) is 11.3 Å². The van der Waals surface area contributed by atoms with Crippen molar-refractivity contribution in [3.63, 3.8) is 0 Å². The van der Waals surface area contributed by atoms with Crippen LogP contribution in [0.15, 0.2) is 39.3 Å². The molecule has 0 bridgehead atoms. The molecule has 0 saturated carbocycles. The molecule has 4 heterocycles. The maximum atomic E-state index is 13.2. The van der Waals surface area contributed by atoms with Crippen LogP contribution in [0.3, 0.4) is 0 Å². The van der Waals surface area contributed by atoms with Gasteiger partial charge in [-0.2, -0.15) is 0 Å². The van der Waals surface area contributed by atoms with Gasteiger partial charge in [-0.15, -0.1) is 0 Å². The predicted octanol–water partition coefficient (Wildman–Crippen LogP) is 3.99. The summed E-state index contributed by atoms with van der Waals surface area (Å²) in [7, 11) is 0. The molecule has 0 unspecified atom stereocenters. The standard InChI is InChI=1S/C22H18N4O5/c1-10-6-14(12(3)30-10)16-8-15(20-11(2)26-31-22(20)25-16)21(28)23-13-4-5-18-17(7-13)24-19(27)9-29-18/h4-8H,9H2,1-3H3,(H,23,28)(H,24,27). The lowest BCUT2D eigenvalue weighted by atomic mass is 10.1. The number of rotatable bonds is 3. The van der Waals surface area contributed by atoms with Gasteiger partial charge in [0.25, 0.3) is 17.5 Å². The van der Waals surface area contributed by atoms with Crippen molar-refractivity contribution in [1.82, 2.24) is 10.1 Å². The SMILES string of the molecule is Cc1cc(-c2cc(C(=O)Nc3ccc4c(c3)NC(=O)CO4)c3c(C)noc3n2)c(C)o1. The maximum Gasteiger partial charge on any atom is 0.262 e. The Morgan fingerprint density at radius 1 is 1.16 bits per heavy atom. The minimum atomic E-state index is -0.360. The molecule has 31 heavy (non-hydrogen) atoms. The first-order chi connectivity index (χ1) is 14.9. The quantitative estimate of drug-likeness (QED) is 0.516. The highest BCUT2D eigenvalue weighted by Gasteiger charge is 2.22. The zero-order valence-corrected chi connectivity index (χ0v) is 17.0. The van der Waals surface area contributed by atoms with Crippen molar-refractivity contribution in [2.24, 2.45) is 0 Å². The molecule has 0 saturated heterocycles. The number of anilines is 2. The number of aromatic nitrogens is 2. The van der Waals surface area contributed by atoms with Gasteiger partial charge in [-0.25, -0.2) is 4.98 Å². The van der Waals surface area contributed by atoms with E-state index in [4.69, 9.17) is 13.7 Å². The van der Waals surface area contributed by atoms with Gasteiger partial charge >= 0.3 is 0 Å². The lowest BCUT2D eigenvalue weighted by Crippen LogP contribution is -2.25. The van der Waals surface area contributed by atoms with Crippen molar-refractivity contribution in [2.45, 2.75) is 20.8 Å². The normalized spacial score (nSPS) is 12.9. The van der Waals surface area contributed by atoms with Gasteiger partial charge in [0.05, 0.1) is 28.0 Å². The summed E-state index contributed by atoms with van der Waals surface area (Å²) in [5.74, 6) is 1.37. The number of carbonyl (C=O) groups excluding carboxylic acids is 2. The van der Waals surface area contributed by atoms with Crippen LogP contribution in [0.25, 0.3) is 22.4 Å². The van der Waals surface area contributed by atoms with E-state index in [0.717, 1.165) is 11.3 Å². The number of amides is 2. The largest absolute Gasteiger partial charge is 0.482 e. The van der Waals surface area contributed by atoms with Gasteiger partial charge in [-0.3, -0.25) is 9.59 Å². The zero-order chi connectivity index (χ0) is 21.7. The fourth-order valence-electron chi connectivity index (χ4n) is 3.66. The minimum Gasteiger partial charge on any atom is -0.482 e. The monoisotopic (exact) mass is 418 g/mol. The van der Waals surface area contributed by atoms with E-state index in [1.807, 2.05) is 19.9 Å². The van der Waals surface area contributed by atoms with Crippen LogP contribution in [0.5, 0.6) is 5.75 Å². The van der Waals surface area contributed by atoms with Gasteiger partial charge in [0.1, 0.15) is 17.3 Å². The number of ether oxygens (including phenoxy) is 1. The summed E-state index contributed by atoms with van der Waals surface area (Å²) < 4.78 is 16.3. The Morgan fingerprint density at radius 2 is 2.00 bits per heavy atom. The van der Waals surface area contributed by atoms with Gasteiger partial charge in [-0.1, -0.05) is 5.16 Å². The molecule has 0 atom stereocenters. The first kappa shape index (κ1) is 18.9. The Kier molecular flexibility index (Phi) is 4.25. The number of hydrogen-bond acceptors (Lipinski definition) is 7. The van der Waals surface area contributed by atoms with E-state index in [1.54, 1.807) is 31.2 Å². The third-order valence-electron chi connectivity index (χ3n) is 5.05. The van der Waals surface area contributed by atoms with Gasteiger partial charge in [-0.05, 0) is 51.1 Å². The van der Waals surface area contributed by atoms with Gasteiger partial charge < -0.3 is 24.3 Å². The molecule has 2 N–H and O–H groups in total. The Balaban J connectivity index is 1.55. The molecule has 2 amide bonds. The fraction of sp³-hybridized carbons (Fsp3) is 0.182. The second-order valence-electron chi connectivity index (χ2n) is 7.33. The molecule has 1 aliphatic rings. The molecule has 1 aromatic carbocycles. The predicted molar refractivity (Wildman–Crippen MR) is 112 cm³/mol. The number of carbonyl (C=O) groups is 2. The second-order valence-corrected chi connectivity index (χ2v) is 7.33. The van der Waals surface area contributed by atoms with Crippen molar-refractivity contribution in [3.05, 3.63) is 53.1 Å². The lowest BCUT2D eigenvalue weighted by molar-refractivity contribution is -0.118. The number of benzene rings is 1. The fourth-order valence-corrected chi connectivity index (χ4v) is 3.66. The smallest absolute Gasteiger partial charge is 0.262 e. The number of furan rings is 1. The summed E-state index contributed by atoms with van der Waals surface area (Å²) in [4.78, 5) is 29.3. The van der Waals surface area contributed by atoms with E-state index in [2.05, 4.69) is 20.8 Å². The highest BCUT2D eigenvalue weighted by molar-refractivity contribution is 6.13. The Labute approximate surface area is 176 Å². The molecule has 9 heteroatoms. The summed E-state index contributed by atoms with van der Waals surface area (Å²) in [5.41, 5.74) is 3.53. The first-order valence-electron chi connectivity index (χ1n) is 9.61. The molecule has 5 rings (SSSR count). The van der Waals surface area contributed by atoms with Gasteiger partial charge in [0.15, 0.2) is 6.61 Å². The van der Waals surface area contributed by atoms with Crippen LogP contribution in [0, 0.1) is 20.8 Å². The molecule has 0 radical (unpaired) electrons. The molecule has 156 valence electrons. The topological polar surface area (TPSA) is 119 Å². The molecule has 9 nitrogen and oxygen atoms in total. The summed E-state index contributed by atoms with van der Waals surface area (Å²) in [5, 5.41) is 10.1. The van der Waals surface area contributed by atoms with Crippen LogP contribution in [-0.4, -0.2) is 28.6 Å². The van der Waals surface area contributed by atoms with Crippen LogP contribution < -0.4 is 15.4 Å². The average molecular weight is 418 g/mol. The molecular formula is C22H18N4O5. The van der Waals surface area contributed by atoms with Crippen LogP contribution in [-0.2, 0) is 4.79 Å². The molecule has 0 aliphatic carbocycles. The van der Waals surface area contributed by atoms with E-state index >= 15 is 0 Å². The van der Waals surface area contributed by atoms with Crippen molar-refractivity contribution in [1.29, 1.82) is 0 Å². The highest BCUT2D eigenvalue weighted by atomic mass is 16.5. The van der Waals surface area contributed by atoms with E-state index in [-0.39, 0.29) is 24.1 Å². The van der Waals surface area contributed by atoms with Crippen LogP contribution in [0.1, 0.15) is 27.6 Å². The van der Waals surface area contributed by atoms with Crippen molar-refractivity contribution < 1.29 is 23.3 Å². The maximum absolute atomic E-state index is 13.2. The van der Waals surface area contributed by atoms with E-state index < -0.39 is 0 Å². The number of nitrogens with one attached hydrogen (secondary N) is 2. The average Bonchev–Trinajstić information content (AvgIpc) is 3.28. The number of nitrogens with zero attached hydrogens (tertiary/aromatic N) is 2. The van der Waals surface area contributed by atoms with Crippen LogP contribution in [0.4, 0.5) is 11.4 Å². The molecule has 1 aliphatic heterocycles. The number of fused-ring (bicyclic) bond motifs is 2. The molecule has 0 spiro atoms. The Morgan fingerprint density at radius 3 is 2.77 bits per heavy atom. The third kappa shape index (κ3) is 3.29. The van der Waals surface area contributed by atoms with Gasteiger partial charge in [0.2, 0.25) is 0 Å². The van der Waals surface area contributed by atoms with Crippen molar-refractivity contribution in [3.8, 4) is 17.0 Å². The molecule has 3 aromatic heterocycles. The first-order valence-corrected chi connectivity index (χ1v) is 9.61. The Hall–Kier alpha value is -4.14. The summed E-state index contributed by atoms with van der Waals surface area (Å²) >= 11 is 0. The van der Waals surface area contributed by atoms with Crippen LogP contribution in [0.2, 0.25) is 0 Å². The number of pyridine rings is 1. The van der Waals surface area contributed by atoms with E-state index in [0.29, 0.717) is 45.2 Å². The van der Waals surface area contributed by atoms with E-state index in [9.17, 15) is 9.59 Å².